The van der Waals surface area contributed by atoms with Gasteiger partial charge in [-0.05, 0) is 26.7 Å². The summed E-state index contributed by atoms with van der Waals surface area (Å²) in [5, 5.41) is 0. The van der Waals surface area contributed by atoms with Gasteiger partial charge in [-0.3, -0.25) is 4.79 Å². The molecule has 34 heavy (non-hydrogen) atoms. The number of carbonyl (C=O) groups excluding carboxylic acids is 1. The van der Waals surface area contributed by atoms with E-state index < -0.39 is 9.76 Å². The molecule has 0 bridgehead atoms. The highest BCUT2D eigenvalue weighted by atomic mass is 32.1. The van der Waals surface area contributed by atoms with E-state index in [1.54, 1.807) is 0 Å². The third-order valence-corrected chi connectivity index (χ3v) is 9.18. The van der Waals surface area contributed by atoms with E-state index >= 15 is 0 Å². The Balaban J connectivity index is 3.58. The minimum absolute atomic E-state index is 0.0208. The van der Waals surface area contributed by atoms with Crippen LogP contribution in [0.1, 0.15) is 175 Å². The first kappa shape index (κ1) is 34.0. The lowest BCUT2D eigenvalue weighted by atomic mass is 9.87. The number of hydrogen-bond acceptors (Lipinski definition) is 3. The zero-order chi connectivity index (χ0) is 25.3. The Kier molecular flexibility index (Phi) is 24.7. The number of hydrogen-bond donors (Lipinski definition) is 1. The van der Waals surface area contributed by atoms with Crippen molar-refractivity contribution in [1.29, 1.82) is 0 Å². The first-order valence-corrected chi connectivity index (χ1v) is 17.2. The van der Waals surface area contributed by atoms with Crippen molar-refractivity contribution in [3.05, 3.63) is 0 Å². The van der Waals surface area contributed by atoms with E-state index in [2.05, 4.69) is 27.7 Å². The second kappa shape index (κ2) is 24.7. The molecule has 0 amide bonds. The number of carbonyl (C=O) groups is 1. The molecule has 0 rings (SSSR count). The molecule has 2 nitrogen and oxygen atoms in total. The first-order valence-electron chi connectivity index (χ1n) is 15.3. The molecule has 0 saturated heterocycles. The second-order valence-corrected chi connectivity index (χ2v) is 14.4. The Morgan fingerprint density at radius 2 is 1.00 bits per heavy atom. The van der Waals surface area contributed by atoms with E-state index in [0.717, 1.165) is 19.3 Å². The third-order valence-electron chi connectivity index (χ3n) is 7.26. The van der Waals surface area contributed by atoms with Gasteiger partial charge in [0, 0.05) is 4.87 Å². The van der Waals surface area contributed by atoms with Gasteiger partial charge in [0.05, 0.1) is 5.41 Å². The second-order valence-electron chi connectivity index (χ2n) is 11.4. The fraction of sp³-hybridized carbons (Fsp3) is 0.967. The van der Waals surface area contributed by atoms with Gasteiger partial charge in [-0.15, -0.1) is 0 Å². The van der Waals surface area contributed by atoms with Crippen molar-refractivity contribution in [2.45, 2.75) is 180 Å². The molecule has 4 heteroatoms. The lowest BCUT2D eigenvalue weighted by Gasteiger charge is -2.24. The molecule has 204 valence electrons. The maximum Gasteiger partial charge on any atom is 0.297 e. The molecule has 0 fully saturated rings. The normalized spacial score (nSPS) is 13.1. The fourth-order valence-corrected chi connectivity index (χ4v) is 6.25. The fourth-order valence-electron chi connectivity index (χ4n) is 4.65. The van der Waals surface area contributed by atoms with Crippen LogP contribution >= 0.6 is 12.6 Å². The highest BCUT2D eigenvalue weighted by Gasteiger charge is 2.28. The van der Waals surface area contributed by atoms with E-state index in [0.29, 0.717) is 4.87 Å². The molecule has 0 radical (unpaired) electrons. The van der Waals surface area contributed by atoms with Crippen molar-refractivity contribution in [2.75, 3.05) is 0 Å². The van der Waals surface area contributed by atoms with E-state index in [1.165, 1.54) is 128 Å². The minimum atomic E-state index is -0.879. The van der Waals surface area contributed by atoms with Crippen LogP contribution in [0.15, 0.2) is 0 Å². The molecule has 0 spiro atoms. The summed E-state index contributed by atoms with van der Waals surface area (Å²) in [6, 6.07) is 0. The van der Waals surface area contributed by atoms with E-state index in [4.69, 9.17) is 17.1 Å². The lowest BCUT2D eigenvalue weighted by Crippen LogP contribution is -2.30. The summed E-state index contributed by atoms with van der Waals surface area (Å²) in [5.74, 6) is 0.0208. The Bertz CT molecular complexity index is 442. The molecule has 0 aliphatic carbocycles. The van der Waals surface area contributed by atoms with Crippen LogP contribution in [0.5, 0.6) is 0 Å². The molecular weight excluding hydrogens is 452 g/mol. The van der Waals surface area contributed by atoms with Crippen molar-refractivity contribution < 1.29 is 9.22 Å². The average molecular weight is 515 g/mol. The van der Waals surface area contributed by atoms with E-state index in [-0.39, 0.29) is 11.4 Å². The van der Waals surface area contributed by atoms with Crippen LogP contribution in [0.3, 0.4) is 0 Å². The predicted molar refractivity (Wildman–Crippen MR) is 159 cm³/mol. The van der Waals surface area contributed by atoms with Gasteiger partial charge in [0.15, 0.2) is 0 Å². The number of rotatable bonds is 26. The predicted octanol–water partition coefficient (Wildman–Crippen LogP) is 9.91. The van der Waals surface area contributed by atoms with Crippen LogP contribution in [0.4, 0.5) is 0 Å². The van der Waals surface area contributed by atoms with Gasteiger partial charge in [0.1, 0.15) is 0 Å². The Morgan fingerprint density at radius 3 is 1.41 bits per heavy atom. The van der Waals surface area contributed by atoms with Crippen molar-refractivity contribution in [2.24, 2.45) is 5.41 Å². The summed E-state index contributed by atoms with van der Waals surface area (Å²) in [6.45, 7) is 8.68. The molecule has 1 atom stereocenters. The minimum Gasteiger partial charge on any atom is -0.523 e. The smallest absolute Gasteiger partial charge is 0.297 e. The van der Waals surface area contributed by atoms with Crippen LogP contribution in [0, 0.1) is 5.41 Å². The maximum atomic E-state index is 12.6. The highest BCUT2D eigenvalue weighted by Crippen LogP contribution is 2.26. The molecule has 0 aromatic rings. The largest absolute Gasteiger partial charge is 0.523 e. The molecule has 0 N–H and O–H groups in total. The molecule has 1 unspecified atom stereocenters. The molecular formula is C30H62O2SSi. The summed E-state index contributed by atoms with van der Waals surface area (Å²) in [7, 11) is -0.879. The van der Waals surface area contributed by atoms with E-state index in [9.17, 15) is 4.79 Å². The van der Waals surface area contributed by atoms with Crippen LogP contribution in [0.25, 0.3) is 0 Å². The van der Waals surface area contributed by atoms with Gasteiger partial charge in [-0.2, -0.15) is 12.6 Å². The van der Waals surface area contributed by atoms with Crippen molar-refractivity contribution in [3.63, 3.8) is 0 Å². The Labute approximate surface area is 222 Å². The zero-order valence-electron chi connectivity index (χ0n) is 23.8. The first-order chi connectivity index (χ1) is 16.4. The molecule has 0 saturated carbocycles. The number of unbranched alkanes of at least 4 members (excludes halogenated alkanes) is 19. The van der Waals surface area contributed by atoms with Crippen LogP contribution in [-0.2, 0) is 9.22 Å². The van der Waals surface area contributed by atoms with Crippen molar-refractivity contribution in [3.8, 4) is 0 Å². The summed E-state index contributed by atoms with van der Waals surface area (Å²) in [4.78, 5) is 12.9. The van der Waals surface area contributed by atoms with Gasteiger partial charge in [0.2, 0.25) is 9.76 Å². The quantitative estimate of drug-likeness (QED) is 0.0706. The van der Waals surface area contributed by atoms with Gasteiger partial charge in [-0.1, -0.05) is 149 Å². The molecule has 0 heterocycles. The van der Waals surface area contributed by atoms with Gasteiger partial charge in [-0.25, -0.2) is 0 Å². The topological polar surface area (TPSA) is 26.3 Å². The third kappa shape index (κ3) is 22.5. The summed E-state index contributed by atoms with van der Waals surface area (Å²) >= 11 is 4.71. The van der Waals surface area contributed by atoms with Gasteiger partial charge >= 0.3 is 0 Å². The average Bonchev–Trinajstić information content (AvgIpc) is 2.82. The molecule has 0 aliphatic rings. The number of thiol groups is 1. The van der Waals surface area contributed by atoms with Crippen molar-refractivity contribution in [1.82, 2.24) is 0 Å². The summed E-state index contributed by atoms with van der Waals surface area (Å²) < 4.78 is 5.77. The SMILES string of the molecule is CCCCCCCCCCCCCCCCC(C)(C)C(=O)O[SiH2]C(S)CCCCCCCCC. The van der Waals surface area contributed by atoms with Crippen LogP contribution < -0.4 is 0 Å². The standard InChI is InChI=1S/C30H62O2SSi/c1-5-7-9-11-13-14-15-16-17-18-19-21-23-25-27-30(3,4)29(31)32-34-28(33)26-24-22-20-12-10-8-6-2/h28,33H,5-27,34H2,1-4H3. The summed E-state index contributed by atoms with van der Waals surface area (Å²) in [5.41, 5.74) is -0.336. The summed E-state index contributed by atoms with van der Waals surface area (Å²) in [6.07, 6.45) is 30.5. The van der Waals surface area contributed by atoms with Gasteiger partial charge < -0.3 is 4.43 Å². The van der Waals surface area contributed by atoms with Gasteiger partial charge in [0.25, 0.3) is 5.97 Å². The van der Waals surface area contributed by atoms with Crippen LogP contribution in [-0.4, -0.2) is 20.6 Å². The molecule has 0 aromatic carbocycles. The highest BCUT2D eigenvalue weighted by molar-refractivity contribution is 7.82. The zero-order valence-corrected chi connectivity index (χ0v) is 26.1. The maximum absolute atomic E-state index is 12.6. The van der Waals surface area contributed by atoms with Crippen LogP contribution in [0.2, 0.25) is 0 Å². The molecule has 0 aliphatic heterocycles. The lowest BCUT2D eigenvalue weighted by molar-refractivity contribution is -0.144. The Hall–Kier alpha value is 0.0369. The molecule has 0 aromatic heterocycles. The Morgan fingerprint density at radius 1 is 0.647 bits per heavy atom. The van der Waals surface area contributed by atoms with E-state index in [1.807, 2.05) is 0 Å². The monoisotopic (exact) mass is 514 g/mol. The van der Waals surface area contributed by atoms with Crippen molar-refractivity contribution >= 4 is 28.4 Å².